The van der Waals surface area contributed by atoms with Gasteiger partial charge in [0.15, 0.2) is 0 Å². The van der Waals surface area contributed by atoms with Crippen LogP contribution in [-0.4, -0.2) is 21.5 Å². The standard InChI is InChI=1S/C23H27N3O/c1-16-11-18(14-23(2,3)13-16)25-22(27)17-9-10-21-20(12-17)24-15-26(21)19-7-5-4-6-8-19/h4-10,12,15-16,18H,11,13-14H2,1-3H3,(H,25,27). The lowest BCUT2D eigenvalue weighted by atomic mass is 9.70. The predicted octanol–water partition coefficient (Wildman–Crippen LogP) is 4.97. The molecule has 0 spiro atoms. The first-order valence-corrected chi connectivity index (χ1v) is 9.75. The minimum atomic E-state index is 0.000983. The van der Waals surface area contributed by atoms with E-state index in [0.29, 0.717) is 11.5 Å². The second kappa shape index (κ2) is 6.84. The molecule has 0 saturated heterocycles. The average Bonchev–Trinajstić information content (AvgIpc) is 3.03. The van der Waals surface area contributed by atoms with Gasteiger partial charge in [0.25, 0.3) is 5.91 Å². The maximum atomic E-state index is 12.8. The zero-order valence-corrected chi connectivity index (χ0v) is 16.3. The summed E-state index contributed by atoms with van der Waals surface area (Å²) in [6, 6.07) is 16.1. The lowest BCUT2D eigenvalue weighted by Crippen LogP contribution is -2.42. The van der Waals surface area contributed by atoms with Crippen LogP contribution in [0.2, 0.25) is 0 Å². The van der Waals surface area contributed by atoms with Gasteiger partial charge in [-0.25, -0.2) is 4.98 Å². The minimum absolute atomic E-state index is 0.000983. The van der Waals surface area contributed by atoms with Crippen molar-refractivity contribution in [2.75, 3.05) is 0 Å². The Morgan fingerprint density at radius 2 is 1.93 bits per heavy atom. The minimum Gasteiger partial charge on any atom is -0.349 e. The third-order valence-corrected chi connectivity index (χ3v) is 5.57. The van der Waals surface area contributed by atoms with Gasteiger partial charge >= 0.3 is 0 Å². The summed E-state index contributed by atoms with van der Waals surface area (Å²) in [6.45, 7) is 6.87. The number of para-hydroxylation sites is 1. The Balaban J connectivity index is 1.55. The largest absolute Gasteiger partial charge is 0.349 e. The molecule has 1 saturated carbocycles. The fraction of sp³-hybridized carbons (Fsp3) is 0.391. The van der Waals surface area contributed by atoms with E-state index in [-0.39, 0.29) is 17.4 Å². The number of fused-ring (bicyclic) bond motifs is 1. The molecule has 4 nitrogen and oxygen atoms in total. The van der Waals surface area contributed by atoms with E-state index in [0.717, 1.165) is 29.6 Å². The van der Waals surface area contributed by atoms with Crippen molar-refractivity contribution in [3.8, 4) is 5.69 Å². The number of hydrogen-bond acceptors (Lipinski definition) is 2. The fourth-order valence-electron chi connectivity index (χ4n) is 4.67. The molecule has 3 aromatic rings. The molecule has 4 heteroatoms. The fourth-order valence-corrected chi connectivity index (χ4v) is 4.67. The molecule has 0 bridgehead atoms. The SMILES string of the molecule is CC1CC(NC(=O)c2ccc3c(c2)ncn3-c2ccccc2)CC(C)(C)C1. The molecule has 1 fully saturated rings. The highest BCUT2D eigenvalue weighted by Crippen LogP contribution is 2.38. The molecule has 27 heavy (non-hydrogen) atoms. The number of carbonyl (C=O) groups is 1. The Morgan fingerprint density at radius 1 is 1.15 bits per heavy atom. The molecule has 2 aromatic carbocycles. The normalized spacial score (nSPS) is 21.9. The smallest absolute Gasteiger partial charge is 0.251 e. The highest BCUT2D eigenvalue weighted by Gasteiger charge is 2.32. The summed E-state index contributed by atoms with van der Waals surface area (Å²) in [5.41, 5.74) is 3.87. The van der Waals surface area contributed by atoms with Crippen LogP contribution >= 0.6 is 0 Å². The zero-order valence-electron chi connectivity index (χ0n) is 16.3. The van der Waals surface area contributed by atoms with E-state index in [4.69, 9.17) is 0 Å². The van der Waals surface area contributed by atoms with E-state index in [9.17, 15) is 4.79 Å². The van der Waals surface area contributed by atoms with Gasteiger partial charge in [-0.2, -0.15) is 0 Å². The van der Waals surface area contributed by atoms with Crippen molar-refractivity contribution in [3.63, 3.8) is 0 Å². The molecule has 1 N–H and O–H groups in total. The number of benzene rings is 2. The maximum absolute atomic E-state index is 12.8. The Kier molecular flexibility index (Phi) is 4.50. The Labute approximate surface area is 160 Å². The molecule has 1 heterocycles. The van der Waals surface area contributed by atoms with E-state index in [1.165, 1.54) is 6.42 Å². The van der Waals surface area contributed by atoms with Crippen molar-refractivity contribution >= 4 is 16.9 Å². The van der Waals surface area contributed by atoms with Crippen LogP contribution in [0, 0.1) is 11.3 Å². The lowest BCUT2D eigenvalue weighted by molar-refractivity contribution is 0.0874. The monoisotopic (exact) mass is 361 g/mol. The molecule has 4 rings (SSSR count). The van der Waals surface area contributed by atoms with Gasteiger partial charge in [0.2, 0.25) is 0 Å². The number of hydrogen-bond donors (Lipinski definition) is 1. The third kappa shape index (κ3) is 3.75. The summed E-state index contributed by atoms with van der Waals surface area (Å²) in [6.07, 6.45) is 5.13. The Bertz CT molecular complexity index is 958. The average molecular weight is 361 g/mol. The van der Waals surface area contributed by atoms with E-state index < -0.39 is 0 Å². The van der Waals surface area contributed by atoms with Crippen molar-refractivity contribution in [3.05, 3.63) is 60.4 Å². The topological polar surface area (TPSA) is 46.9 Å². The summed E-state index contributed by atoms with van der Waals surface area (Å²) in [5.74, 6) is 0.643. The first-order chi connectivity index (χ1) is 12.9. The molecule has 140 valence electrons. The van der Waals surface area contributed by atoms with Crippen LogP contribution in [0.4, 0.5) is 0 Å². The molecule has 1 aliphatic carbocycles. The molecule has 0 radical (unpaired) electrons. The summed E-state index contributed by atoms with van der Waals surface area (Å²) >= 11 is 0. The Hall–Kier alpha value is -2.62. The zero-order chi connectivity index (χ0) is 19.0. The van der Waals surface area contributed by atoms with Crippen LogP contribution in [0.5, 0.6) is 0 Å². The molecule has 1 aliphatic rings. The van der Waals surface area contributed by atoms with Crippen LogP contribution in [0.25, 0.3) is 16.7 Å². The number of nitrogens with one attached hydrogen (secondary N) is 1. The van der Waals surface area contributed by atoms with Gasteiger partial charge in [0.1, 0.15) is 6.33 Å². The lowest BCUT2D eigenvalue weighted by Gasteiger charge is -2.39. The number of amides is 1. The number of carbonyl (C=O) groups excluding carboxylic acids is 1. The van der Waals surface area contributed by atoms with Crippen LogP contribution in [0.3, 0.4) is 0 Å². The number of rotatable bonds is 3. The first kappa shape index (κ1) is 17.8. The van der Waals surface area contributed by atoms with Crippen molar-refractivity contribution < 1.29 is 4.79 Å². The second-order valence-electron chi connectivity index (χ2n) is 8.74. The van der Waals surface area contributed by atoms with Gasteiger partial charge in [-0.15, -0.1) is 0 Å². The van der Waals surface area contributed by atoms with Gasteiger partial charge in [-0.05, 0) is 60.9 Å². The number of imidazole rings is 1. The maximum Gasteiger partial charge on any atom is 0.251 e. The second-order valence-corrected chi connectivity index (χ2v) is 8.74. The highest BCUT2D eigenvalue weighted by molar-refractivity contribution is 5.97. The summed E-state index contributed by atoms with van der Waals surface area (Å²) in [5, 5.41) is 3.25. The Morgan fingerprint density at radius 3 is 2.67 bits per heavy atom. The van der Waals surface area contributed by atoms with Gasteiger partial charge in [-0.3, -0.25) is 9.36 Å². The molecule has 1 aromatic heterocycles. The quantitative estimate of drug-likeness (QED) is 0.716. The van der Waals surface area contributed by atoms with Crippen LogP contribution < -0.4 is 5.32 Å². The predicted molar refractivity (Wildman–Crippen MR) is 109 cm³/mol. The highest BCUT2D eigenvalue weighted by atomic mass is 16.1. The summed E-state index contributed by atoms with van der Waals surface area (Å²) in [7, 11) is 0. The van der Waals surface area contributed by atoms with Gasteiger partial charge in [0.05, 0.1) is 11.0 Å². The summed E-state index contributed by atoms with van der Waals surface area (Å²) in [4.78, 5) is 17.3. The molecule has 2 atom stereocenters. The van der Waals surface area contributed by atoms with E-state index in [1.807, 2.05) is 59.4 Å². The summed E-state index contributed by atoms with van der Waals surface area (Å²) < 4.78 is 2.04. The van der Waals surface area contributed by atoms with Gasteiger partial charge in [0, 0.05) is 17.3 Å². The van der Waals surface area contributed by atoms with Crippen molar-refractivity contribution in [1.82, 2.24) is 14.9 Å². The molecule has 0 aliphatic heterocycles. The van der Waals surface area contributed by atoms with Crippen molar-refractivity contribution in [2.45, 2.75) is 46.1 Å². The number of nitrogens with zero attached hydrogens (tertiary/aromatic N) is 2. The van der Waals surface area contributed by atoms with Gasteiger partial charge in [-0.1, -0.05) is 39.0 Å². The van der Waals surface area contributed by atoms with Gasteiger partial charge < -0.3 is 5.32 Å². The van der Waals surface area contributed by atoms with E-state index >= 15 is 0 Å². The third-order valence-electron chi connectivity index (χ3n) is 5.57. The van der Waals surface area contributed by atoms with E-state index in [2.05, 4.69) is 31.1 Å². The van der Waals surface area contributed by atoms with Crippen LogP contribution in [-0.2, 0) is 0 Å². The van der Waals surface area contributed by atoms with Crippen molar-refractivity contribution in [1.29, 1.82) is 0 Å². The van der Waals surface area contributed by atoms with Crippen LogP contribution in [0.15, 0.2) is 54.9 Å². The first-order valence-electron chi connectivity index (χ1n) is 9.75. The molecular weight excluding hydrogens is 334 g/mol. The molecule has 1 amide bonds. The molecular formula is C23H27N3O. The molecule has 2 unspecified atom stereocenters. The van der Waals surface area contributed by atoms with Crippen molar-refractivity contribution in [2.24, 2.45) is 11.3 Å². The van der Waals surface area contributed by atoms with Crippen LogP contribution in [0.1, 0.15) is 50.4 Å². The number of aromatic nitrogens is 2. The van der Waals surface area contributed by atoms with E-state index in [1.54, 1.807) is 0 Å².